The maximum atomic E-state index is 14.0. The summed E-state index contributed by atoms with van der Waals surface area (Å²) in [4.78, 5) is 50.2. The van der Waals surface area contributed by atoms with Gasteiger partial charge in [-0.15, -0.1) is 0 Å². The van der Waals surface area contributed by atoms with Crippen LogP contribution in [-0.4, -0.2) is 127 Å². The van der Waals surface area contributed by atoms with Gasteiger partial charge in [0.2, 0.25) is 0 Å². The Balaban J connectivity index is 0.000000186. The van der Waals surface area contributed by atoms with Crippen molar-refractivity contribution in [3.63, 3.8) is 0 Å². The quantitative estimate of drug-likeness (QED) is 0.111. The van der Waals surface area contributed by atoms with E-state index in [0.717, 1.165) is 28.2 Å². The number of nitrogens with zero attached hydrogens (tertiary/aromatic N) is 8. The van der Waals surface area contributed by atoms with Gasteiger partial charge in [0.05, 0.1) is 37.1 Å². The molecule has 8 rings (SSSR count). The number of alkyl halides is 5. The summed E-state index contributed by atoms with van der Waals surface area (Å²) < 4.78 is 69.7. The van der Waals surface area contributed by atoms with E-state index in [1.54, 1.807) is 142 Å². The van der Waals surface area contributed by atoms with Crippen molar-refractivity contribution in [1.29, 1.82) is 0 Å². The Morgan fingerprint density at radius 2 is 0.974 bits per heavy atom. The molecule has 0 bridgehead atoms. The van der Waals surface area contributed by atoms with E-state index in [1.807, 2.05) is 70.1 Å². The van der Waals surface area contributed by atoms with Crippen LogP contribution in [0.2, 0.25) is 0 Å². The molecule has 0 radical (unpaired) electrons. The summed E-state index contributed by atoms with van der Waals surface area (Å²) in [5.74, 6) is -0.750. The lowest BCUT2D eigenvalue weighted by molar-refractivity contribution is -0.121. The lowest BCUT2D eigenvalue weighted by atomic mass is 10.0. The molecule has 5 heterocycles. The van der Waals surface area contributed by atoms with E-state index in [9.17, 15) is 32.7 Å². The van der Waals surface area contributed by atoms with Crippen LogP contribution in [0, 0.1) is 0 Å². The van der Waals surface area contributed by atoms with Gasteiger partial charge in [-0.2, -0.15) is 0 Å². The minimum atomic E-state index is -1.31. The SMILES string of the molecule is CC(C)(C)OC(=O)N1[C@H](CF)[C@@H](c2ccc(-n3ccnc3)cc2)OC1(C)C.CC(C)(C)OC(=O)N1[C@H](CF)[C@@H](c2ccc(-n3ccnc3)cc2)OC1(C)C.O=C(N[C@H](CF)[C@H](O)c1ccc(-n2ccnc2)cc1)C(Cl)Cl. The molecule has 2 N–H and O–H groups in total. The number of aliphatic hydroxyl groups is 1. The van der Waals surface area contributed by atoms with Gasteiger partial charge in [-0.1, -0.05) is 59.6 Å². The normalized spacial score (nSPS) is 19.7. The number of benzene rings is 3. The smallest absolute Gasteiger partial charge is 0.413 e. The van der Waals surface area contributed by atoms with Gasteiger partial charge in [0.25, 0.3) is 5.91 Å². The molecule has 3 aromatic heterocycles. The highest BCUT2D eigenvalue weighted by Gasteiger charge is 2.53. The highest BCUT2D eigenvalue weighted by molar-refractivity contribution is 6.53. The van der Waals surface area contributed by atoms with E-state index in [2.05, 4.69) is 20.3 Å². The summed E-state index contributed by atoms with van der Waals surface area (Å²) in [6, 6.07) is 19.4. The zero-order valence-electron chi connectivity index (χ0n) is 44.1. The van der Waals surface area contributed by atoms with E-state index in [0.29, 0.717) is 5.56 Å². The molecule has 2 aliphatic heterocycles. The van der Waals surface area contributed by atoms with Gasteiger partial charge in [0, 0.05) is 54.2 Å². The van der Waals surface area contributed by atoms with Crippen molar-refractivity contribution in [2.24, 2.45) is 0 Å². The number of rotatable bonds is 12. The largest absolute Gasteiger partial charge is 0.444 e. The number of nitrogens with one attached hydrogen (secondary N) is 1. The van der Waals surface area contributed by atoms with E-state index in [-0.39, 0.29) is 0 Å². The molecular formula is C54H66Cl2F3N9O8. The molecule has 2 fully saturated rings. The lowest BCUT2D eigenvalue weighted by Gasteiger charge is -2.34. The Bertz CT molecular complexity index is 2640. The third kappa shape index (κ3) is 14.7. The van der Waals surface area contributed by atoms with Gasteiger partial charge in [0.1, 0.15) is 61.0 Å². The van der Waals surface area contributed by atoms with Crippen molar-refractivity contribution in [2.75, 3.05) is 20.0 Å². The summed E-state index contributed by atoms with van der Waals surface area (Å²) in [6.07, 6.45) is 12.1. The first-order chi connectivity index (χ1) is 35.8. The molecule has 76 heavy (non-hydrogen) atoms. The summed E-state index contributed by atoms with van der Waals surface area (Å²) in [5.41, 5.74) is 1.50. The molecule has 2 aliphatic rings. The van der Waals surface area contributed by atoms with Crippen molar-refractivity contribution >= 4 is 41.3 Å². The number of amides is 3. The van der Waals surface area contributed by atoms with Gasteiger partial charge in [-0.05, 0) is 122 Å². The van der Waals surface area contributed by atoms with E-state index >= 15 is 0 Å². The van der Waals surface area contributed by atoms with Crippen LogP contribution in [0.1, 0.15) is 104 Å². The second-order valence-electron chi connectivity index (χ2n) is 20.8. The van der Waals surface area contributed by atoms with E-state index < -0.39 is 102 Å². The maximum absolute atomic E-state index is 14.0. The van der Waals surface area contributed by atoms with Crippen molar-refractivity contribution in [1.82, 2.24) is 43.8 Å². The van der Waals surface area contributed by atoms with Crippen molar-refractivity contribution in [3.8, 4) is 17.1 Å². The molecule has 0 unspecified atom stereocenters. The first kappa shape index (κ1) is 58.8. The highest BCUT2D eigenvalue weighted by atomic mass is 35.5. The monoisotopic (exact) mass is 1100 g/mol. The number of aliphatic hydroxyl groups excluding tert-OH is 1. The number of aromatic nitrogens is 6. The van der Waals surface area contributed by atoms with Crippen LogP contribution < -0.4 is 5.32 Å². The zero-order valence-corrected chi connectivity index (χ0v) is 45.6. The molecular weight excluding hydrogens is 1030 g/mol. The van der Waals surface area contributed by atoms with Crippen LogP contribution in [0.15, 0.2) is 129 Å². The molecule has 22 heteroatoms. The second-order valence-corrected chi connectivity index (χ2v) is 21.9. The van der Waals surface area contributed by atoms with Gasteiger partial charge < -0.3 is 43.1 Å². The topological polar surface area (TPSA) is 180 Å². The molecule has 17 nitrogen and oxygen atoms in total. The summed E-state index contributed by atoms with van der Waals surface area (Å²) in [5, 5.41) is 12.4. The van der Waals surface area contributed by atoms with Crippen LogP contribution in [0.3, 0.4) is 0 Å². The molecule has 0 saturated carbocycles. The number of ether oxygens (including phenoxy) is 4. The van der Waals surface area contributed by atoms with Crippen LogP contribution in [-0.2, 0) is 23.7 Å². The van der Waals surface area contributed by atoms with Gasteiger partial charge >= 0.3 is 12.2 Å². The van der Waals surface area contributed by atoms with Crippen molar-refractivity contribution in [3.05, 3.63) is 146 Å². The van der Waals surface area contributed by atoms with Crippen LogP contribution in [0.5, 0.6) is 0 Å². The lowest BCUT2D eigenvalue weighted by Crippen LogP contribution is -2.50. The molecule has 0 aliphatic carbocycles. The molecule has 3 amide bonds. The first-order valence-electron chi connectivity index (χ1n) is 24.4. The number of halogens is 5. The Morgan fingerprint density at radius 3 is 1.25 bits per heavy atom. The summed E-state index contributed by atoms with van der Waals surface area (Å²) in [6.45, 7) is 15.3. The number of carbonyl (C=O) groups is 3. The van der Waals surface area contributed by atoms with Gasteiger partial charge in [0.15, 0.2) is 4.84 Å². The van der Waals surface area contributed by atoms with Crippen LogP contribution in [0.4, 0.5) is 22.8 Å². The fraction of sp³-hybridized carbons (Fsp3) is 0.444. The molecule has 410 valence electrons. The van der Waals surface area contributed by atoms with Gasteiger partial charge in [-0.25, -0.2) is 37.7 Å². The Labute approximate surface area is 450 Å². The fourth-order valence-electron chi connectivity index (χ4n) is 8.61. The van der Waals surface area contributed by atoms with Crippen LogP contribution in [0.25, 0.3) is 17.1 Å². The molecule has 0 spiro atoms. The second kappa shape index (κ2) is 24.7. The minimum absolute atomic E-state index is 0.465. The van der Waals surface area contributed by atoms with E-state index in [1.165, 1.54) is 9.80 Å². The zero-order chi connectivity index (χ0) is 55.8. The van der Waals surface area contributed by atoms with Crippen molar-refractivity contribution in [2.45, 2.75) is 133 Å². The summed E-state index contributed by atoms with van der Waals surface area (Å²) in [7, 11) is 0. The number of carbonyl (C=O) groups excluding carboxylic acids is 3. The Morgan fingerprint density at radius 1 is 0.632 bits per heavy atom. The number of imidazole rings is 3. The van der Waals surface area contributed by atoms with Crippen molar-refractivity contribution < 1.29 is 51.6 Å². The fourth-order valence-corrected chi connectivity index (χ4v) is 8.73. The van der Waals surface area contributed by atoms with Crippen LogP contribution >= 0.6 is 23.2 Å². The standard InChI is InChI=1S/2C20H26FN3O3.C14H14Cl2FN3O2/c2*1-19(2,3)27-18(25)24-16(12-21)17(26-20(24,4)5)14-6-8-15(9-7-14)23-11-10-22-13-23;15-13(16)14(22)19-11(7-17)12(21)9-1-3-10(4-2-9)20-6-5-18-8-20/h2*6-11,13,16-17H,12H2,1-5H3;1-6,8,11-13,21H,7H2,(H,19,22)/t2*16-,17-;11-,12-/m111/s1. The molecule has 6 atom stereocenters. The third-order valence-electron chi connectivity index (χ3n) is 12.0. The average Bonchev–Trinajstić information content (AvgIpc) is 4.24. The number of hydrogen-bond acceptors (Lipinski definition) is 11. The molecule has 3 aromatic carbocycles. The predicted molar refractivity (Wildman–Crippen MR) is 281 cm³/mol. The first-order valence-corrected chi connectivity index (χ1v) is 25.2. The summed E-state index contributed by atoms with van der Waals surface area (Å²) >= 11 is 10.8. The maximum Gasteiger partial charge on any atom is 0.413 e. The van der Waals surface area contributed by atoms with Gasteiger partial charge in [-0.3, -0.25) is 14.6 Å². The molecule has 6 aromatic rings. The molecule has 2 saturated heterocycles. The predicted octanol–water partition coefficient (Wildman–Crippen LogP) is 10.7. The highest BCUT2D eigenvalue weighted by Crippen LogP contribution is 2.44. The Hall–Kier alpha value is -6.45. The third-order valence-corrected chi connectivity index (χ3v) is 12.4. The Kier molecular flexibility index (Phi) is 19.1. The number of hydrogen-bond donors (Lipinski definition) is 2. The average molecular weight is 1100 g/mol. The minimum Gasteiger partial charge on any atom is -0.444 e. The van der Waals surface area contributed by atoms with E-state index in [4.69, 9.17) is 42.1 Å².